The molecular weight excluding hydrogens is 480 g/mol. The maximum Gasteiger partial charge on any atom is 0.228 e. The predicted octanol–water partition coefficient (Wildman–Crippen LogP) is 5.33. The van der Waals surface area contributed by atoms with Crippen LogP contribution in [-0.2, 0) is 19.4 Å². The van der Waals surface area contributed by atoms with E-state index in [0.29, 0.717) is 23.3 Å². The number of carbonyl (C=O) groups is 1. The summed E-state index contributed by atoms with van der Waals surface area (Å²) < 4.78 is 32.0. The van der Waals surface area contributed by atoms with Crippen molar-refractivity contribution in [1.82, 2.24) is 4.98 Å². The van der Waals surface area contributed by atoms with Gasteiger partial charge in [0.1, 0.15) is 0 Å². The van der Waals surface area contributed by atoms with Crippen molar-refractivity contribution in [2.24, 2.45) is 0 Å². The number of aryl methyl sites for hydroxylation is 2. The Bertz CT molecular complexity index is 1250. The molecule has 0 N–H and O–H groups in total. The van der Waals surface area contributed by atoms with Crippen molar-refractivity contribution in [3.05, 3.63) is 52.5 Å². The van der Waals surface area contributed by atoms with Crippen LogP contribution in [0.4, 0.5) is 5.13 Å². The molecule has 0 bridgehead atoms. The molecular formula is C24H27ClN2O4S2. The minimum Gasteiger partial charge on any atom is -0.376 e. The summed E-state index contributed by atoms with van der Waals surface area (Å²) in [7, 11) is -3.44. The van der Waals surface area contributed by atoms with Crippen molar-refractivity contribution in [3.8, 4) is 0 Å². The zero-order chi connectivity index (χ0) is 23.6. The van der Waals surface area contributed by atoms with Crippen LogP contribution in [0.2, 0.25) is 5.02 Å². The highest BCUT2D eigenvalue weighted by Gasteiger charge is 2.27. The normalized spacial score (nSPS) is 16.4. The Balaban J connectivity index is 1.50. The Morgan fingerprint density at radius 2 is 2.00 bits per heavy atom. The summed E-state index contributed by atoms with van der Waals surface area (Å²) in [4.78, 5) is 19.9. The van der Waals surface area contributed by atoms with Crippen LogP contribution in [0.1, 0.15) is 36.8 Å². The molecule has 1 amide bonds. The molecule has 1 saturated heterocycles. The van der Waals surface area contributed by atoms with Gasteiger partial charge >= 0.3 is 0 Å². The average Bonchev–Trinajstić information content (AvgIpc) is 3.42. The van der Waals surface area contributed by atoms with Gasteiger partial charge in [0.15, 0.2) is 15.0 Å². The van der Waals surface area contributed by atoms with E-state index < -0.39 is 9.84 Å². The second kappa shape index (κ2) is 10.1. The number of halogens is 1. The third kappa shape index (κ3) is 5.74. The van der Waals surface area contributed by atoms with Gasteiger partial charge in [-0.05, 0) is 62.9 Å². The smallest absolute Gasteiger partial charge is 0.228 e. The quantitative estimate of drug-likeness (QED) is 0.412. The first-order valence-corrected chi connectivity index (χ1v) is 13.9. The number of sulfone groups is 1. The first-order valence-electron chi connectivity index (χ1n) is 11.0. The van der Waals surface area contributed by atoms with Crippen LogP contribution in [0.5, 0.6) is 0 Å². The number of ether oxygens (including phenoxy) is 1. The maximum atomic E-state index is 13.2. The van der Waals surface area contributed by atoms with E-state index in [2.05, 4.69) is 0 Å². The van der Waals surface area contributed by atoms with Gasteiger partial charge in [-0.25, -0.2) is 13.4 Å². The Morgan fingerprint density at radius 1 is 1.24 bits per heavy atom. The molecule has 1 aromatic heterocycles. The van der Waals surface area contributed by atoms with Crippen LogP contribution in [0.25, 0.3) is 10.2 Å². The van der Waals surface area contributed by atoms with Crippen LogP contribution in [0.3, 0.4) is 0 Å². The number of hydrogen-bond acceptors (Lipinski definition) is 6. The molecule has 0 saturated carbocycles. The topological polar surface area (TPSA) is 76.6 Å². The van der Waals surface area contributed by atoms with Crippen LogP contribution in [-0.4, -0.2) is 44.3 Å². The fraction of sp³-hybridized carbons (Fsp3) is 0.417. The van der Waals surface area contributed by atoms with Gasteiger partial charge < -0.3 is 4.74 Å². The summed E-state index contributed by atoms with van der Waals surface area (Å²) in [5.41, 5.74) is 2.78. The summed E-state index contributed by atoms with van der Waals surface area (Å²) >= 11 is 7.62. The van der Waals surface area contributed by atoms with E-state index in [1.165, 1.54) is 11.3 Å². The van der Waals surface area contributed by atoms with Crippen LogP contribution in [0.15, 0.2) is 41.3 Å². The van der Waals surface area contributed by atoms with E-state index in [0.717, 1.165) is 34.2 Å². The lowest BCUT2D eigenvalue weighted by Gasteiger charge is -2.23. The third-order valence-corrected chi connectivity index (χ3v) is 8.83. The molecule has 0 aliphatic carbocycles. The lowest BCUT2D eigenvalue weighted by Crippen LogP contribution is -2.37. The van der Waals surface area contributed by atoms with Gasteiger partial charge in [0.25, 0.3) is 0 Å². The van der Waals surface area contributed by atoms with Crippen molar-refractivity contribution in [1.29, 1.82) is 0 Å². The highest BCUT2D eigenvalue weighted by atomic mass is 35.5. The van der Waals surface area contributed by atoms with Crippen molar-refractivity contribution in [2.75, 3.05) is 23.8 Å². The zero-order valence-electron chi connectivity index (χ0n) is 18.7. The second-order valence-electron chi connectivity index (χ2n) is 8.44. The number of rotatable bonds is 8. The van der Waals surface area contributed by atoms with Gasteiger partial charge in [-0.15, -0.1) is 0 Å². The van der Waals surface area contributed by atoms with E-state index >= 15 is 0 Å². The molecule has 176 valence electrons. The molecule has 33 heavy (non-hydrogen) atoms. The SMILES string of the molecule is Cc1ccc(S(=O)(=O)CCCC(=O)N(CC2CCCO2)c2nc3c(C)cc(Cl)cc3s2)cc1. The molecule has 6 nitrogen and oxygen atoms in total. The monoisotopic (exact) mass is 506 g/mol. The van der Waals surface area contributed by atoms with E-state index in [1.54, 1.807) is 29.2 Å². The molecule has 1 aliphatic rings. The summed E-state index contributed by atoms with van der Waals surface area (Å²) in [5, 5.41) is 1.23. The van der Waals surface area contributed by atoms with E-state index in [-0.39, 0.29) is 35.5 Å². The summed E-state index contributed by atoms with van der Waals surface area (Å²) in [6.45, 7) is 4.96. The summed E-state index contributed by atoms with van der Waals surface area (Å²) in [6, 6.07) is 10.5. The molecule has 2 heterocycles. The molecule has 2 aromatic carbocycles. The fourth-order valence-corrected chi connectivity index (χ4v) is 6.71. The predicted molar refractivity (Wildman–Crippen MR) is 133 cm³/mol. The summed E-state index contributed by atoms with van der Waals surface area (Å²) in [5.74, 6) is -0.225. The number of fused-ring (bicyclic) bond motifs is 1. The van der Waals surface area contributed by atoms with Gasteiger partial charge in [0, 0.05) is 18.1 Å². The fourth-order valence-electron chi connectivity index (χ4n) is 3.95. The number of thiazole rings is 1. The van der Waals surface area contributed by atoms with Crippen molar-refractivity contribution >= 4 is 54.0 Å². The minimum atomic E-state index is -3.44. The number of hydrogen-bond donors (Lipinski definition) is 0. The van der Waals surface area contributed by atoms with E-state index in [4.69, 9.17) is 21.3 Å². The number of amides is 1. The molecule has 1 unspecified atom stereocenters. The van der Waals surface area contributed by atoms with Gasteiger partial charge in [0.05, 0.1) is 33.5 Å². The van der Waals surface area contributed by atoms with Crippen LogP contribution in [0, 0.1) is 13.8 Å². The van der Waals surface area contributed by atoms with Crippen molar-refractivity contribution in [2.45, 2.75) is 50.5 Å². The lowest BCUT2D eigenvalue weighted by atomic mass is 10.2. The molecule has 0 spiro atoms. The summed E-state index contributed by atoms with van der Waals surface area (Å²) in [6.07, 6.45) is 2.18. The minimum absolute atomic E-state index is 0.0399. The molecule has 1 atom stereocenters. The number of aromatic nitrogens is 1. The standard InChI is InChI=1S/C24H27ClN2O4S2/c1-16-7-9-20(10-8-16)33(29,30)12-4-6-22(28)27(15-19-5-3-11-31-19)24-26-23-17(2)13-18(25)14-21(23)32-24/h7-10,13-14,19H,3-6,11-12,15H2,1-2H3. The largest absolute Gasteiger partial charge is 0.376 e. The van der Waals surface area contributed by atoms with Gasteiger partial charge in [-0.1, -0.05) is 40.6 Å². The lowest BCUT2D eigenvalue weighted by molar-refractivity contribution is -0.119. The third-order valence-electron chi connectivity index (χ3n) is 5.76. The van der Waals surface area contributed by atoms with Crippen LogP contribution >= 0.6 is 22.9 Å². The van der Waals surface area contributed by atoms with Crippen molar-refractivity contribution < 1.29 is 17.9 Å². The highest BCUT2D eigenvalue weighted by molar-refractivity contribution is 7.91. The maximum absolute atomic E-state index is 13.2. The second-order valence-corrected chi connectivity index (χ2v) is 12.0. The number of benzene rings is 2. The van der Waals surface area contributed by atoms with Crippen molar-refractivity contribution in [3.63, 3.8) is 0 Å². The Hall–Kier alpha value is -2.00. The Labute approximate surface area is 203 Å². The van der Waals surface area contributed by atoms with Gasteiger partial charge in [-0.2, -0.15) is 0 Å². The molecule has 0 radical (unpaired) electrons. The Morgan fingerprint density at radius 3 is 2.70 bits per heavy atom. The highest BCUT2D eigenvalue weighted by Crippen LogP contribution is 2.34. The number of anilines is 1. The van der Waals surface area contributed by atoms with E-state index in [9.17, 15) is 13.2 Å². The molecule has 1 fully saturated rings. The Kier molecular flexibility index (Phi) is 7.38. The number of nitrogens with zero attached hydrogens (tertiary/aromatic N) is 2. The first-order chi connectivity index (χ1) is 15.7. The first kappa shape index (κ1) is 24.1. The number of carbonyl (C=O) groups excluding carboxylic acids is 1. The molecule has 9 heteroatoms. The van der Waals surface area contributed by atoms with E-state index in [1.807, 2.05) is 26.0 Å². The molecule has 3 aromatic rings. The molecule has 4 rings (SSSR count). The van der Waals surface area contributed by atoms with Crippen LogP contribution < -0.4 is 4.90 Å². The van der Waals surface area contributed by atoms with Gasteiger partial charge in [0.2, 0.25) is 5.91 Å². The van der Waals surface area contributed by atoms with Gasteiger partial charge in [-0.3, -0.25) is 9.69 Å². The zero-order valence-corrected chi connectivity index (χ0v) is 21.1. The average molecular weight is 507 g/mol. The molecule has 1 aliphatic heterocycles.